The summed E-state index contributed by atoms with van der Waals surface area (Å²) in [5.74, 6) is -0.903. The molecule has 15 heteroatoms. The number of ether oxygens (including phenoxy) is 1. The predicted molar refractivity (Wildman–Crippen MR) is 101 cm³/mol. The second-order valence-corrected chi connectivity index (χ2v) is 9.34. The fourth-order valence-electron chi connectivity index (χ4n) is 2.68. The number of aliphatic hydroxyl groups is 1. The van der Waals surface area contributed by atoms with Crippen LogP contribution in [0.15, 0.2) is 11.1 Å². The van der Waals surface area contributed by atoms with Crippen molar-refractivity contribution in [3.05, 3.63) is 16.7 Å². The summed E-state index contributed by atoms with van der Waals surface area (Å²) in [6.07, 6.45) is -5.18. The summed E-state index contributed by atoms with van der Waals surface area (Å²) in [5.41, 5.74) is -0.821. The zero-order valence-corrected chi connectivity index (χ0v) is 16.9. The van der Waals surface area contributed by atoms with Gasteiger partial charge in [-0.15, -0.1) is 0 Å². The van der Waals surface area contributed by atoms with Crippen LogP contribution in [0, 0.1) is 5.92 Å². The Bertz CT molecular complexity index is 1020. The number of carbonyl (C=O) groups is 1. The number of carbonyl (C=O) groups excluding carboxylic acids is 1. The molecule has 1 amide bonds. The topological polar surface area (TPSA) is 172 Å². The Morgan fingerprint density at radius 2 is 2.24 bits per heavy atom. The highest BCUT2D eigenvalue weighted by molar-refractivity contribution is 8.06. The average molecular weight is 451 g/mol. The van der Waals surface area contributed by atoms with E-state index >= 15 is 0 Å². The third kappa shape index (κ3) is 4.69. The minimum atomic E-state index is -4.03. The number of anilines is 1. The van der Waals surface area contributed by atoms with Crippen molar-refractivity contribution in [3.8, 4) is 0 Å². The molecule has 0 saturated carbocycles. The molecule has 0 spiro atoms. The van der Waals surface area contributed by atoms with Gasteiger partial charge in [0, 0.05) is 5.92 Å². The lowest BCUT2D eigenvalue weighted by atomic mass is 10.1. The van der Waals surface area contributed by atoms with Crippen LogP contribution in [0.25, 0.3) is 11.2 Å². The molecule has 1 aliphatic heterocycles. The predicted octanol–water partition coefficient (Wildman–Crippen LogP) is -0.464. The van der Waals surface area contributed by atoms with E-state index in [2.05, 4.69) is 36.6 Å². The van der Waals surface area contributed by atoms with Crippen LogP contribution in [-0.2, 0) is 25.9 Å². The number of aliphatic hydroxyl groups excluding tert-OH is 1. The molecule has 160 valence electrons. The summed E-state index contributed by atoms with van der Waals surface area (Å²) in [5, 5.41) is 12.7. The molecule has 1 saturated heterocycles. The van der Waals surface area contributed by atoms with Gasteiger partial charge >= 0.3 is 6.72 Å². The maximum absolute atomic E-state index is 14.4. The third-order valence-corrected chi connectivity index (χ3v) is 4.97. The molecule has 2 aromatic rings. The van der Waals surface area contributed by atoms with E-state index in [-0.39, 0.29) is 28.9 Å². The first-order valence-electron chi connectivity index (χ1n) is 8.43. The van der Waals surface area contributed by atoms with E-state index in [9.17, 15) is 19.1 Å². The van der Waals surface area contributed by atoms with Crippen molar-refractivity contribution in [2.24, 2.45) is 5.92 Å². The normalized spacial score (nSPS) is 25.1. The minimum Gasteiger partial charge on any atom is -0.385 e. The van der Waals surface area contributed by atoms with Gasteiger partial charge in [0.1, 0.15) is 12.2 Å². The van der Waals surface area contributed by atoms with Gasteiger partial charge in [0.25, 0.3) is 5.56 Å². The lowest BCUT2D eigenvalue weighted by Crippen LogP contribution is -2.30. The van der Waals surface area contributed by atoms with Crippen molar-refractivity contribution in [1.29, 1.82) is 0 Å². The molecule has 0 bridgehead atoms. The molecule has 1 aliphatic rings. The number of hydrogen-bond donors (Lipinski definition) is 5. The van der Waals surface area contributed by atoms with Crippen molar-refractivity contribution in [2.75, 3.05) is 11.9 Å². The monoisotopic (exact) mass is 451 g/mol. The number of imidazole rings is 1. The molecule has 4 atom stereocenters. The maximum atomic E-state index is 14.4. The maximum Gasteiger partial charge on any atom is 0.321 e. The van der Waals surface area contributed by atoms with Crippen LogP contribution in [0.3, 0.4) is 0 Å². The van der Waals surface area contributed by atoms with E-state index in [1.165, 1.54) is 0 Å². The number of aromatic nitrogens is 4. The van der Waals surface area contributed by atoms with Gasteiger partial charge in [-0.05, 0) is 11.8 Å². The summed E-state index contributed by atoms with van der Waals surface area (Å²) < 4.78 is 25.6. The van der Waals surface area contributed by atoms with Crippen LogP contribution >= 0.6 is 6.72 Å². The molecule has 3 heterocycles. The highest BCUT2D eigenvalue weighted by atomic mass is 32.5. The summed E-state index contributed by atoms with van der Waals surface area (Å²) in [4.78, 5) is 52.7. The van der Waals surface area contributed by atoms with Gasteiger partial charge in [0.2, 0.25) is 11.9 Å². The number of hydrogen-bond acceptors (Lipinski definition) is 8. The lowest BCUT2D eigenvalue weighted by molar-refractivity contribution is -0.118. The number of nitrogens with zero attached hydrogens (tertiary/aromatic N) is 3. The molecule has 0 aromatic carbocycles. The Kier molecular flexibility index (Phi) is 6.15. The van der Waals surface area contributed by atoms with Crippen LogP contribution in [-0.4, -0.2) is 65.3 Å². The molecule has 2 aromatic heterocycles. The van der Waals surface area contributed by atoms with Gasteiger partial charge in [-0.25, -0.2) is 9.37 Å². The van der Waals surface area contributed by atoms with Gasteiger partial charge < -0.3 is 24.2 Å². The van der Waals surface area contributed by atoms with Crippen LogP contribution in [0.2, 0.25) is 0 Å². The minimum absolute atomic E-state index is 0.0555. The number of alkyl halides is 1. The first kappa shape index (κ1) is 21.9. The van der Waals surface area contributed by atoms with Crippen molar-refractivity contribution in [1.82, 2.24) is 19.5 Å². The van der Waals surface area contributed by atoms with Gasteiger partial charge in [-0.2, -0.15) is 4.98 Å². The van der Waals surface area contributed by atoms with Crippen molar-refractivity contribution >= 4 is 41.5 Å². The van der Waals surface area contributed by atoms with Crippen LogP contribution in [0.5, 0.6) is 0 Å². The third-order valence-electron chi connectivity index (χ3n) is 4.17. The summed E-state index contributed by atoms with van der Waals surface area (Å²) >= 11 is 4.30. The standard InChI is InChI=1S/C14H19FN5O7PS/c1-5(2)11(22)18-14-17-10-8(12(23)19-14)16-4-20(10)13-9(21)7(15)6(27-13)3-26-28(24,25)29/h4-7,9,13,21H,3H2,1-2H3,(H2,24,25,29)(H2,17,18,19,22,23)/t6-,7?,9?,13?/m1/s1. The Morgan fingerprint density at radius 3 is 2.86 bits per heavy atom. The largest absolute Gasteiger partial charge is 0.385 e. The molecule has 3 unspecified atom stereocenters. The number of halogens is 1. The molecule has 5 N–H and O–H groups in total. The molecule has 3 rings (SSSR count). The molecular weight excluding hydrogens is 432 g/mol. The van der Waals surface area contributed by atoms with Gasteiger partial charge in [0.15, 0.2) is 23.6 Å². The quantitative estimate of drug-likeness (QED) is 0.362. The van der Waals surface area contributed by atoms with Crippen LogP contribution < -0.4 is 10.9 Å². The Hall–Kier alpha value is -1.80. The van der Waals surface area contributed by atoms with Crippen molar-refractivity contribution < 1.29 is 33.3 Å². The Balaban J connectivity index is 1.91. The van der Waals surface area contributed by atoms with Gasteiger partial charge in [-0.1, -0.05) is 13.8 Å². The van der Waals surface area contributed by atoms with E-state index < -0.39 is 43.5 Å². The zero-order valence-electron chi connectivity index (χ0n) is 15.2. The lowest BCUT2D eigenvalue weighted by Gasteiger charge is -2.17. The van der Waals surface area contributed by atoms with Crippen LogP contribution in [0.1, 0.15) is 20.1 Å². The molecule has 1 fully saturated rings. The number of rotatable bonds is 6. The first-order chi connectivity index (χ1) is 13.5. The zero-order chi connectivity index (χ0) is 21.5. The first-order valence-corrected chi connectivity index (χ1v) is 11.1. The van der Waals surface area contributed by atoms with Gasteiger partial charge in [0.05, 0.1) is 12.9 Å². The summed E-state index contributed by atoms with van der Waals surface area (Å²) in [7, 11) is 0. The number of aromatic amines is 1. The van der Waals surface area contributed by atoms with E-state index in [1.54, 1.807) is 13.8 Å². The SMILES string of the molecule is CC(C)C(=O)Nc1nc2c(ncn2C2O[C@H](COP(O)(O)=S)C(F)C2O)c(=O)[nH]1. The van der Waals surface area contributed by atoms with Crippen LogP contribution in [0.4, 0.5) is 10.3 Å². The van der Waals surface area contributed by atoms with E-state index in [1.807, 2.05) is 0 Å². The molecule has 12 nitrogen and oxygen atoms in total. The molecule has 29 heavy (non-hydrogen) atoms. The second-order valence-electron chi connectivity index (χ2n) is 6.67. The second kappa shape index (κ2) is 8.14. The highest BCUT2D eigenvalue weighted by Gasteiger charge is 2.46. The highest BCUT2D eigenvalue weighted by Crippen LogP contribution is 2.39. The van der Waals surface area contributed by atoms with Crippen molar-refractivity contribution in [3.63, 3.8) is 0 Å². The summed E-state index contributed by atoms with van der Waals surface area (Å²) in [6, 6.07) is 0. The Morgan fingerprint density at radius 1 is 1.55 bits per heavy atom. The average Bonchev–Trinajstić information content (AvgIpc) is 3.15. The number of amides is 1. The van der Waals surface area contributed by atoms with Gasteiger partial charge in [-0.3, -0.25) is 24.5 Å². The number of H-pyrrole nitrogens is 1. The fraction of sp³-hybridized carbons (Fsp3) is 0.571. The van der Waals surface area contributed by atoms with Crippen molar-refractivity contribution in [2.45, 2.75) is 38.5 Å². The fourth-order valence-corrected chi connectivity index (χ4v) is 3.20. The van der Waals surface area contributed by atoms with E-state index in [0.717, 1.165) is 10.9 Å². The van der Waals surface area contributed by atoms with E-state index in [0.29, 0.717) is 0 Å². The molecule has 0 radical (unpaired) electrons. The molecular formula is C14H19FN5O7PS. The smallest absolute Gasteiger partial charge is 0.321 e. The van der Waals surface area contributed by atoms with E-state index in [4.69, 9.17) is 14.5 Å². The molecule has 0 aliphatic carbocycles. The number of nitrogens with one attached hydrogen (secondary N) is 2. The summed E-state index contributed by atoms with van der Waals surface area (Å²) in [6.45, 7) is -1.32. The Labute approximate surface area is 167 Å². The number of fused-ring (bicyclic) bond motifs is 1.